The first-order valence-corrected chi connectivity index (χ1v) is 6.13. The van der Waals surface area contributed by atoms with E-state index < -0.39 is 17.7 Å². The lowest BCUT2D eigenvalue weighted by molar-refractivity contribution is -0.135. The van der Waals surface area contributed by atoms with Gasteiger partial charge in [0.1, 0.15) is 18.9 Å². The number of hydrogen-bond acceptors (Lipinski definition) is 6. The summed E-state index contributed by atoms with van der Waals surface area (Å²) in [4.78, 5) is 44.2. The highest BCUT2D eigenvalue weighted by Crippen LogP contribution is 2.15. The van der Waals surface area contributed by atoms with Gasteiger partial charge in [-0.15, -0.1) is 0 Å². The van der Waals surface area contributed by atoms with Crippen molar-refractivity contribution in [1.29, 1.82) is 0 Å². The maximum absolute atomic E-state index is 12.3. The third-order valence-corrected chi connectivity index (χ3v) is 2.79. The van der Waals surface area contributed by atoms with Crippen LogP contribution in [0.5, 0.6) is 0 Å². The Morgan fingerprint density at radius 3 is 2.50 bits per heavy atom. The SMILES string of the molecule is CC(C)c1ncc(N)c(C(=O)N2CC(=O)NC(=O)C2)n1. The third-order valence-electron chi connectivity index (χ3n) is 2.79. The summed E-state index contributed by atoms with van der Waals surface area (Å²) in [5, 5.41) is 2.12. The molecule has 20 heavy (non-hydrogen) atoms. The number of hydrogen-bond donors (Lipinski definition) is 2. The van der Waals surface area contributed by atoms with Crippen molar-refractivity contribution in [1.82, 2.24) is 20.2 Å². The minimum Gasteiger partial charge on any atom is -0.396 e. The van der Waals surface area contributed by atoms with E-state index in [0.29, 0.717) is 5.82 Å². The van der Waals surface area contributed by atoms with Crippen LogP contribution in [-0.2, 0) is 9.59 Å². The molecule has 1 fully saturated rings. The zero-order valence-electron chi connectivity index (χ0n) is 11.2. The summed E-state index contributed by atoms with van der Waals surface area (Å²) >= 11 is 0. The van der Waals surface area contributed by atoms with E-state index in [1.807, 2.05) is 13.8 Å². The maximum Gasteiger partial charge on any atom is 0.275 e. The first-order valence-electron chi connectivity index (χ1n) is 6.13. The van der Waals surface area contributed by atoms with Gasteiger partial charge in [-0.05, 0) is 0 Å². The fourth-order valence-electron chi connectivity index (χ4n) is 1.78. The summed E-state index contributed by atoms with van der Waals surface area (Å²) in [6.07, 6.45) is 1.36. The van der Waals surface area contributed by atoms with Gasteiger partial charge >= 0.3 is 0 Å². The number of nitrogens with one attached hydrogen (secondary N) is 1. The average molecular weight is 277 g/mol. The van der Waals surface area contributed by atoms with E-state index in [2.05, 4.69) is 15.3 Å². The van der Waals surface area contributed by atoms with Gasteiger partial charge in [0.2, 0.25) is 11.8 Å². The number of amides is 3. The molecule has 0 bridgehead atoms. The molecule has 106 valence electrons. The van der Waals surface area contributed by atoms with Crippen LogP contribution in [0.3, 0.4) is 0 Å². The van der Waals surface area contributed by atoms with E-state index in [9.17, 15) is 14.4 Å². The topological polar surface area (TPSA) is 118 Å². The standard InChI is InChI=1S/C12H15N5O3/c1-6(2)11-14-3-7(13)10(16-11)12(20)17-4-8(18)15-9(19)5-17/h3,6H,4-5,13H2,1-2H3,(H,15,18,19). The van der Waals surface area contributed by atoms with Crippen molar-refractivity contribution in [2.45, 2.75) is 19.8 Å². The highest BCUT2D eigenvalue weighted by Gasteiger charge is 2.29. The van der Waals surface area contributed by atoms with Crippen LogP contribution in [0.4, 0.5) is 5.69 Å². The molecule has 1 saturated heterocycles. The van der Waals surface area contributed by atoms with E-state index in [4.69, 9.17) is 5.73 Å². The van der Waals surface area contributed by atoms with Gasteiger partial charge in [0.15, 0.2) is 5.69 Å². The molecule has 0 saturated carbocycles. The first kappa shape index (κ1) is 13.9. The van der Waals surface area contributed by atoms with Crippen molar-refractivity contribution >= 4 is 23.4 Å². The Labute approximate surface area is 115 Å². The molecule has 1 aromatic heterocycles. The number of nitrogens with two attached hydrogens (primary N) is 1. The molecule has 0 spiro atoms. The number of piperazine rings is 1. The number of anilines is 1. The Morgan fingerprint density at radius 2 is 1.95 bits per heavy atom. The molecule has 1 aliphatic heterocycles. The van der Waals surface area contributed by atoms with Crippen molar-refractivity contribution in [2.24, 2.45) is 0 Å². The Morgan fingerprint density at radius 1 is 1.35 bits per heavy atom. The Kier molecular flexibility index (Phi) is 3.64. The fourth-order valence-corrected chi connectivity index (χ4v) is 1.78. The zero-order valence-corrected chi connectivity index (χ0v) is 11.2. The van der Waals surface area contributed by atoms with E-state index in [1.54, 1.807) is 0 Å². The van der Waals surface area contributed by atoms with Crippen LogP contribution in [0.15, 0.2) is 6.20 Å². The van der Waals surface area contributed by atoms with E-state index in [1.165, 1.54) is 6.20 Å². The molecule has 3 amide bonds. The maximum atomic E-state index is 12.3. The molecule has 0 radical (unpaired) electrons. The minimum absolute atomic E-state index is 0.0196. The third kappa shape index (κ3) is 2.73. The summed E-state index contributed by atoms with van der Waals surface area (Å²) in [7, 11) is 0. The van der Waals surface area contributed by atoms with E-state index in [-0.39, 0.29) is 30.4 Å². The molecular formula is C12H15N5O3. The number of nitrogens with zero attached hydrogens (tertiary/aromatic N) is 3. The molecule has 3 N–H and O–H groups in total. The molecule has 8 nitrogen and oxygen atoms in total. The van der Waals surface area contributed by atoms with Gasteiger partial charge in [-0.2, -0.15) is 0 Å². The van der Waals surface area contributed by atoms with Crippen LogP contribution in [0.1, 0.15) is 36.1 Å². The van der Waals surface area contributed by atoms with E-state index in [0.717, 1.165) is 4.90 Å². The van der Waals surface area contributed by atoms with Crippen LogP contribution in [-0.4, -0.2) is 45.7 Å². The predicted octanol–water partition coefficient (Wildman–Crippen LogP) is -0.719. The average Bonchev–Trinajstić information content (AvgIpc) is 2.37. The molecule has 2 rings (SSSR count). The van der Waals surface area contributed by atoms with Crippen molar-refractivity contribution in [3.8, 4) is 0 Å². The molecule has 8 heteroatoms. The number of carbonyl (C=O) groups excluding carboxylic acids is 3. The largest absolute Gasteiger partial charge is 0.396 e. The van der Waals surface area contributed by atoms with Gasteiger partial charge < -0.3 is 10.6 Å². The molecule has 0 unspecified atom stereocenters. The normalized spacial score (nSPS) is 15.4. The van der Waals surface area contributed by atoms with Crippen molar-refractivity contribution in [3.63, 3.8) is 0 Å². The van der Waals surface area contributed by atoms with Gasteiger partial charge in [0.25, 0.3) is 5.91 Å². The fraction of sp³-hybridized carbons (Fsp3) is 0.417. The summed E-state index contributed by atoms with van der Waals surface area (Å²) in [5.41, 5.74) is 5.85. The number of imide groups is 1. The van der Waals surface area contributed by atoms with Crippen LogP contribution in [0, 0.1) is 0 Å². The molecule has 0 aliphatic carbocycles. The monoisotopic (exact) mass is 277 g/mol. The van der Waals surface area contributed by atoms with Crippen LogP contribution < -0.4 is 11.1 Å². The van der Waals surface area contributed by atoms with Crippen LogP contribution in [0.25, 0.3) is 0 Å². The summed E-state index contributed by atoms with van der Waals surface area (Å²) in [5.74, 6) is -1.07. The lowest BCUT2D eigenvalue weighted by Crippen LogP contribution is -2.53. The lowest BCUT2D eigenvalue weighted by atomic mass is 10.2. The molecule has 0 atom stereocenters. The second-order valence-corrected chi connectivity index (χ2v) is 4.82. The lowest BCUT2D eigenvalue weighted by Gasteiger charge is -2.25. The van der Waals surface area contributed by atoms with Gasteiger partial charge in [0.05, 0.1) is 11.9 Å². The minimum atomic E-state index is -0.546. The highest BCUT2D eigenvalue weighted by atomic mass is 16.2. The molecule has 1 aliphatic rings. The van der Waals surface area contributed by atoms with E-state index >= 15 is 0 Å². The van der Waals surface area contributed by atoms with Gasteiger partial charge in [-0.3, -0.25) is 19.7 Å². The second kappa shape index (κ2) is 5.24. The number of aromatic nitrogens is 2. The van der Waals surface area contributed by atoms with Gasteiger partial charge in [-0.25, -0.2) is 9.97 Å². The van der Waals surface area contributed by atoms with Crippen molar-refractivity contribution < 1.29 is 14.4 Å². The Balaban J connectivity index is 2.30. The smallest absolute Gasteiger partial charge is 0.275 e. The van der Waals surface area contributed by atoms with Gasteiger partial charge in [0, 0.05) is 5.92 Å². The first-order chi connectivity index (χ1) is 9.38. The summed E-state index contributed by atoms with van der Waals surface area (Å²) in [6, 6.07) is 0. The van der Waals surface area contributed by atoms with Crippen molar-refractivity contribution in [2.75, 3.05) is 18.8 Å². The molecule has 0 aromatic carbocycles. The second-order valence-electron chi connectivity index (χ2n) is 4.82. The number of carbonyl (C=O) groups is 3. The summed E-state index contributed by atoms with van der Waals surface area (Å²) < 4.78 is 0. The Bertz CT molecular complexity index is 568. The molecular weight excluding hydrogens is 262 g/mol. The quantitative estimate of drug-likeness (QED) is 0.689. The van der Waals surface area contributed by atoms with Crippen molar-refractivity contribution in [3.05, 3.63) is 17.7 Å². The molecule has 1 aromatic rings. The summed E-state index contributed by atoms with van der Waals surface area (Å²) in [6.45, 7) is 3.39. The van der Waals surface area contributed by atoms with Gasteiger partial charge in [-0.1, -0.05) is 13.8 Å². The van der Waals surface area contributed by atoms with Crippen LogP contribution >= 0.6 is 0 Å². The van der Waals surface area contributed by atoms with Crippen LogP contribution in [0.2, 0.25) is 0 Å². The number of rotatable bonds is 2. The predicted molar refractivity (Wildman–Crippen MR) is 69.6 cm³/mol. The highest BCUT2D eigenvalue weighted by molar-refractivity contribution is 6.06. The zero-order chi connectivity index (χ0) is 14.9. The Hall–Kier alpha value is -2.51. The number of nitrogen functional groups attached to an aromatic ring is 1. The molecule has 2 heterocycles.